The Morgan fingerprint density at radius 2 is 2.00 bits per heavy atom. The molecule has 0 saturated heterocycles. The van der Waals surface area contributed by atoms with Crippen LogP contribution >= 0.6 is 11.6 Å². The summed E-state index contributed by atoms with van der Waals surface area (Å²) in [5, 5.41) is 9.04. The van der Waals surface area contributed by atoms with Gasteiger partial charge in [0.25, 0.3) is 5.91 Å². The number of amides is 1. The van der Waals surface area contributed by atoms with E-state index < -0.39 is 0 Å². The van der Waals surface area contributed by atoms with Crippen molar-refractivity contribution in [1.82, 2.24) is 24.7 Å². The molecule has 0 fully saturated rings. The maximum absolute atomic E-state index is 13.0. The average Bonchev–Trinajstić information content (AvgIpc) is 3.31. The molecule has 5 heterocycles. The van der Waals surface area contributed by atoms with Crippen molar-refractivity contribution in [3.05, 3.63) is 52.1 Å². The Labute approximate surface area is 167 Å². The monoisotopic (exact) mass is 394 g/mol. The summed E-state index contributed by atoms with van der Waals surface area (Å²) in [6.45, 7) is 6.66. The molecule has 8 heteroatoms. The van der Waals surface area contributed by atoms with Crippen LogP contribution in [0.3, 0.4) is 0 Å². The summed E-state index contributed by atoms with van der Waals surface area (Å²) in [7, 11) is 0. The second kappa shape index (κ2) is 5.85. The minimum absolute atomic E-state index is 0.0505. The van der Waals surface area contributed by atoms with Crippen LogP contribution in [0.5, 0.6) is 0 Å². The lowest BCUT2D eigenvalue weighted by Crippen LogP contribution is -2.25. The van der Waals surface area contributed by atoms with Crippen molar-refractivity contribution in [3.8, 4) is 11.5 Å². The molecule has 2 aliphatic heterocycles. The van der Waals surface area contributed by atoms with Crippen molar-refractivity contribution in [3.63, 3.8) is 0 Å². The number of anilines is 1. The van der Waals surface area contributed by atoms with Crippen molar-refractivity contribution >= 4 is 23.3 Å². The Bertz CT molecular complexity index is 1140. The van der Waals surface area contributed by atoms with Crippen LogP contribution in [0.1, 0.15) is 47.7 Å². The van der Waals surface area contributed by atoms with Crippen LogP contribution in [0.25, 0.3) is 11.5 Å². The Kier molecular flexibility index (Phi) is 3.61. The van der Waals surface area contributed by atoms with Gasteiger partial charge in [-0.15, -0.1) is 10.2 Å². The van der Waals surface area contributed by atoms with Crippen molar-refractivity contribution in [1.29, 1.82) is 0 Å². The first-order valence-corrected chi connectivity index (χ1v) is 9.63. The topological polar surface area (TPSA) is 76.8 Å². The van der Waals surface area contributed by atoms with Crippen LogP contribution in [-0.2, 0) is 18.5 Å². The Morgan fingerprint density at radius 1 is 1.18 bits per heavy atom. The van der Waals surface area contributed by atoms with Crippen molar-refractivity contribution in [2.45, 2.75) is 45.7 Å². The molecule has 142 valence electrons. The fourth-order valence-electron chi connectivity index (χ4n) is 4.12. The number of halogens is 1. The van der Waals surface area contributed by atoms with Crippen LogP contribution < -0.4 is 4.90 Å². The highest BCUT2D eigenvalue weighted by atomic mass is 35.5. The molecule has 0 spiro atoms. The quantitative estimate of drug-likeness (QED) is 0.621. The molecular formula is C20H19ClN6O. The van der Waals surface area contributed by atoms with E-state index in [9.17, 15) is 4.79 Å². The number of fused-ring (bicyclic) bond motifs is 2. The van der Waals surface area contributed by atoms with Crippen molar-refractivity contribution in [2.75, 3.05) is 4.90 Å². The normalized spacial score (nSPS) is 17.1. The minimum Gasteiger partial charge on any atom is -0.304 e. The zero-order valence-corrected chi connectivity index (χ0v) is 16.7. The van der Waals surface area contributed by atoms with Crippen LogP contribution in [0.4, 0.5) is 5.82 Å². The van der Waals surface area contributed by atoms with Gasteiger partial charge in [-0.25, -0.2) is 9.97 Å². The van der Waals surface area contributed by atoms with Gasteiger partial charge in [0.15, 0.2) is 5.82 Å². The minimum atomic E-state index is -0.112. The summed E-state index contributed by atoms with van der Waals surface area (Å²) in [6, 6.07) is 7.27. The lowest BCUT2D eigenvalue weighted by atomic mass is 10.0. The third-order valence-corrected chi connectivity index (χ3v) is 5.82. The second-order valence-corrected chi connectivity index (χ2v) is 8.30. The van der Waals surface area contributed by atoms with Gasteiger partial charge in [0.05, 0.1) is 6.54 Å². The highest BCUT2D eigenvalue weighted by molar-refractivity contribution is 6.30. The van der Waals surface area contributed by atoms with Gasteiger partial charge in [-0.05, 0) is 45.4 Å². The number of carbonyl (C=O) groups excluding carboxylic acids is 1. The standard InChI is InChI=1S/C20H19ClN6O/c1-11-13-10-26(19(28)12(13)9-15(21)22-11)16-6-4-5-14(23-16)18-25-24-17-7-8-20(2,3)27(17)18/h4-6,9H,7-8,10H2,1-3H3. The van der Waals surface area contributed by atoms with E-state index in [0.717, 1.165) is 35.7 Å². The first-order chi connectivity index (χ1) is 13.3. The molecule has 0 bridgehead atoms. The summed E-state index contributed by atoms with van der Waals surface area (Å²) >= 11 is 6.05. The number of nitrogens with zero attached hydrogens (tertiary/aromatic N) is 6. The Balaban J connectivity index is 1.55. The molecular weight excluding hydrogens is 376 g/mol. The highest BCUT2D eigenvalue weighted by Gasteiger charge is 2.35. The van der Waals surface area contributed by atoms with Gasteiger partial charge >= 0.3 is 0 Å². The summed E-state index contributed by atoms with van der Waals surface area (Å²) in [6.07, 6.45) is 1.93. The van der Waals surface area contributed by atoms with E-state index in [2.05, 4.69) is 33.6 Å². The first-order valence-electron chi connectivity index (χ1n) is 9.25. The van der Waals surface area contributed by atoms with Gasteiger partial charge in [-0.3, -0.25) is 9.69 Å². The molecule has 3 aromatic heterocycles. The van der Waals surface area contributed by atoms with Crippen LogP contribution in [-0.4, -0.2) is 30.6 Å². The first kappa shape index (κ1) is 17.3. The Morgan fingerprint density at radius 3 is 2.82 bits per heavy atom. The van der Waals surface area contributed by atoms with Crippen molar-refractivity contribution < 1.29 is 4.79 Å². The van der Waals surface area contributed by atoms with Gasteiger partial charge in [0, 0.05) is 28.8 Å². The molecule has 0 N–H and O–H groups in total. The molecule has 0 aromatic carbocycles. The summed E-state index contributed by atoms with van der Waals surface area (Å²) in [4.78, 5) is 23.6. The molecule has 3 aromatic rings. The molecule has 0 aliphatic carbocycles. The Hall–Kier alpha value is -2.80. The lowest BCUT2D eigenvalue weighted by Gasteiger charge is -2.22. The third kappa shape index (κ3) is 2.46. The van der Waals surface area contributed by atoms with Gasteiger partial charge in [-0.2, -0.15) is 0 Å². The number of aromatic nitrogens is 5. The van der Waals surface area contributed by atoms with E-state index in [1.54, 1.807) is 11.0 Å². The lowest BCUT2D eigenvalue weighted by molar-refractivity contribution is 0.0996. The van der Waals surface area contributed by atoms with Crippen LogP contribution in [0.2, 0.25) is 5.15 Å². The number of pyridine rings is 2. The van der Waals surface area contributed by atoms with Gasteiger partial charge < -0.3 is 4.57 Å². The van der Waals surface area contributed by atoms with E-state index in [0.29, 0.717) is 28.8 Å². The van der Waals surface area contributed by atoms with Gasteiger partial charge in [-0.1, -0.05) is 17.7 Å². The molecule has 0 atom stereocenters. The molecule has 0 saturated carbocycles. The molecule has 28 heavy (non-hydrogen) atoms. The summed E-state index contributed by atoms with van der Waals surface area (Å²) < 4.78 is 2.16. The zero-order chi connectivity index (χ0) is 19.6. The maximum atomic E-state index is 13.0. The van der Waals surface area contributed by atoms with E-state index in [-0.39, 0.29) is 11.4 Å². The molecule has 1 amide bonds. The van der Waals surface area contributed by atoms with Crippen LogP contribution in [0, 0.1) is 6.92 Å². The molecule has 2 aliphatic rings. The fourth-order valence-corrected chi connectivity index (χ4v) is 4.36. The van der Waals surface area contributed by atoms with E-state index in [4.69, 9.17) is 16.6 Å². The predicted molar refractivity (Wildman–Crippen MR) is 105 cm³/mol. The highest BCUT2D eigenvalue weighted by Crippen LogP contribution is 2.36. The number of hydrogen-bond acceptors (Lipinski definition) is 5. The molecule has 5 rings (SSSR count). The average molecular weight is 395 g/mol. The van der Waals surface area contributed by atoms with E-state index in [1.165, 1.54) is 0 Å². The largest absolute Gasteiger partial charge is 0.304 e. The number of rotatable bonds is 2. The second-order valence-electron chi connectivity index (χ2n) is 7.92. The predicted octanol–water partition coefficient (Wildman–Crippen LogP) is 3.54. The summed E-state index contributed by atoms with van der Waals surface area (Å²) in [5.41, 5.74) is 2.92. The van der Waals surface area contributed by atoms with Crippen molar-refractivity contribution in [2.24, 2.45) is 0 Å². The van der Waals surface area contributed by atoms with Gasteiger partial charge in [0.1, 0.15) is 22.5 Å². The number of aryl methyl sites for hydroxylation is 2. The van der Waals surface area contributed by atoms with Crippen LogP contribution in [0.15, 0.2) is 24.3 Å². The SMILES string of the molecule is Cc1nc(Cl)cc2c1CN(c1cccc(-c3nnc4n3C(C)(C)CC4)n1)C2=O. The van der Waals surface area contributed by atoms with Gasteiger partial charge in [0.2, 0.25) is 0 Å². The molecule has 7 nitrogen and oxygen atoms in total. The summed E-state index contributed by atoms with van der Waals surface area (Å²) in [5.74, 6) is 2.19. The fraction of sp³-hybridized carbons (Fsp3) is 0.350. The smallest absolute Gasteiger partial charge is 0.260 e. The van der Waals surface area contributed by atoms with E-state index >= 15 is 0 Å². The number of carbonyl (C=O) groups is 1. The molecule has 0 radical (unpaired) electrons. The zero-order valence-electron chi connectivity index (χ0n) is 15.9. The molecule has 0 unspecified atom stereocenters. The number of hydrogen-bond donors (Lipinski definition) is 0. The van der Waals surface area contributed by atoms with E-state index in [1.807, 2.05) is 25.1 Å². The third-order valence-electron chi connectivity index (χ3n) is 5.63. The maximum Gasteiger partial charge on any atom is 0.260 e.